The van der Waals surface area contributed by atoms with Crippen LogP contribution in [0.2, 0.25) is 0 Å². The largest absolute Gasteiger partial charge is 0.473 e. The van der Waals surface area contributed by atoms with Gasteiger partial charge < -0.3 is 9.84 Å². The Bertz CT molecular complexity index is 283. The summed E-state index contributed by atoms with van der Waals surface area (Å²) in [6, 6.07) is 0. The van der Waals surface area contributed by atoms with Gasteiger partial charge in [-0.1, -0.05) is 17.8 Å². The van der Waals surface area contributed by atoms with Gasteiger partial charge in [-0.15, -0.1) is 0 Å². The first-order valence-electron chi connectivity index (χ1n) is 4.49. The number of methoxy groups -OCH3 is 1. The van der Waals surface area contributed by atoms with Crippen molar-refractivity contribution in [2.45, 2.75) is 25.4 Å². The van der Waals surface area contributed by atoms with Crippen LogP contribution in [-0.4, -0.2) is 17.2 Å². The van der Waals surface area contributed by atoms with E-state index in [9.17, 15) is 5.11 Å². The molecule has 1 heterocycles. The summed E-state index contributed by atoms with van der Waals surface area (Å²) in [6.45, 7) is 0. The van der Waals surface area contributed by atoms with E-state index in [1.807, 2.05) is 0 Å². The number of nitrogens with zero attached hydrogens (tertiary/aromatic N) is 1. The minimum atomic E-state index is -0.324. The van der Waals surface area contributed by atoms with Crippen molar-refractivity contribution in [1.29, 1.82) is 0 Å². The van der Waals surface area contributed by atoms with E-state index in [4.69, 9.17) is 4.74 Å². The molecule has 0 spiro atoms. The van der Waals surface area contributed by atoms with Gasteiger partial charge in [0.25, 0.3) is 5.19 Å². The maximum Gasteiger partial charge on any atom is 0.273 e. The van der Waals surface area contributed by atoms with E-state index in [1.54, 1.807) is 13.3 Å². The van der Waals surface area contributed by atoms with Crippen LogP contribution in [0.5, 0.6) is 5.19 Å². The molecule has 1 aliphatic rings. The molecule has 0 bridgehead atoms. The molecule has 1 saturated carbocycles. The Morgan fingerprint density at radius 2 is 2.46 bits per heavy atom. The number of hydrogen-bond acceptors (Lipinski definition) is 4. The number of aliphatic hydroxyl groups excluding tert-OH is 1. The minimum absolute atomic E-state index is 0.324. The van der Waals surface area contributed by atoms with E-state index in [0.29, 0.717) is 11.1 Å². The summed E-state index contributed by atoms with van der Waals surface area (Å²) >= 11 is 1.44. The van der Waals surface area contributed by atoms with Gasteiger partial charge in [-0.3, -0.25) is 0 Å². The molecule has 1 aromatic heterocycles. The van der Waals surface area contributed by atoms with Gasteiger partial charge in [0.1, 0.15) is 0 Å². The van der Waals surface area contributed by atoms with Crippen molar-refractivity contribution < 1.29 is 9.84 Å². The molecule has 0 saturated heterocycles. The van der Waals surface area contributed by atoms with Crippen molar-refractivity contribution >= 4 is 11.3 Å². The summed E-state index contributed by atoms with van der Waals surface area (Å²) in [7, 11) is 1.60. The second-order valence-electron chi connectivity index (χ2n) is 3.37. The number of aromatic nitrogens is 1. The van der Waals surface area contributed by atoms with E-state index in [-0.39, 0.29) is 6.10 Å². The van der Waals surface area contributed by atoms with Crippen LogP contribution in [0, 0.1) is 5.92 Å². The highest BCUT2D eigenvalue weighted by molar-refractivity contribution is 7.13. The van der Waals surface area contributed by atoms with Gasteiger partial charge in [-0.2, -0.15) is 0 Å². The lowest BCUT2D eigenvalue weighted by Gasteiger charge is -2.29. The van der Waals surface area contributed by atoms with Crippen molar-refractivity contribution in [2.75, 3.05) is 7.11 Å². The van der Waals surface area contributed by atoms with Gasteiger partial charge in [0.2, 0.25) is 0 Å². The highest BCUT2D eigenvalue weighted by Gasteiger charge is 2.28. The summed E-state index contributed by atoms with van der Waals surface area (Å²) < 4.78 is 4.97. The molecule has 1 fully saturated rings. The fourth-order valence-corrected chi connectivity index (χ4v) is 2.30. The number of hydrogen-bond donors (Lipinski definition) is 1. The van der Waals surface area contributed by atoms with Gasteiger partial charge in [-0.25, -0.2) is 4.98 Å². The molecule has 0 radical (unpaired) electrons. The van der Waals surface area contributed by atoms with Crippen molar-refractivity contribution in [1.82, 2.24) is 4.98 Å². The Hall–Kier alpha value is -0.610. The third-order valence-electron chi connectivity index (χ3n) is 2.56. The Kier molecular flexibility index (Phi) is 2.51. The number of thiazole rings is 1. The Morgan fingerprint density at radius 3 is 2.92 bits per heavy atom. The Balaban J connectivity index is 2.05. The standard InChI is InChI=1S/C9H13NO2S/c1-12-9-10-5-7(13-9)8(11)6-3-2-4-6/h5-6,8,11H,2-4H2,1H3. The maximum absolute atomic E-state index is 9.86. The fourth-order valence-electron chi connectivity index (χ4n) is 1.49. The molecule has 1 N–H and O–H groups in total. The van der Waals surface area contributed by atoms with Crippen LogP contribution in [0.4, 0.5) is 0 Å². The van der Waals surface area contributed by atoms with Crippen molar-refractivity contribution in [3.8, 4) is 5.19 Å². The predicted octanol–water partition coefficient (Wildman–Crippen LogP) is 1.99. The van der Waals surface area contributed by atoms with Crippen LogP contribution in [0.3, 0.4) is 0 Å². The summed E-state index contributed by atoms with van der Waals surface area (Å²) in [5.74, 6) is 0.449. The molecule has 1 aliphatic carbocycles. The summed E-state index contributed by atoms with van der Waals surface area (Å²) in [5.41, 5.74) is 0. The first-order valence-corrected chi connectivity index (χ1v) is 5.30. The second kappa shape index (κ2) is 3.64. The number of aliphatic hydroxyl groups is 1. The van der Waals surface area contributed by atoms with Gasteiger partial charge in [-0.05, 0) is 18.8 Å². The maximum atomic E-state index is 9.86. The zero-order valence-corrected chi connectivity index (χ0v) is 8.38. The topological polar surface area (TPSA) is 42.4 Å². The molecule has 13 heavy (non-hydrogen) atoms. The summed E-state index contributed by atoms with van der Waals surface area (Å²) in [5, 5.41) is 10.5. The molecular weight excluding hydrogens is 186 g/mol. The monoisotopic (exact) mass is 199 g/mol. The first kappa shape index (κ1) is 8.97. The van der Waals surface area contributed by atoms with Crippen LogP contribution < -0.4 is 4.74 Å². The van der Waals surface area contributed by atoms with E-state index >= 15 is 0 Å². The third-order valence-corrected chi connectivity index (χ3v) is 3.59. The van der Waals surface area contributed by atoms with Crippen molar-refractivity contribution in [2.24, 2.45) is 5.92 Å². The molecule has 72 valence electrons. The molecule has 1 aromatic rings. The van der Waals surface area contributed by atoms with Crippen LogP contribution in [0.15, 0.2) is 6.20 Å². The van der Waals surface area contributed by atoms with Gasteiger partial charge in [0.15, 0.2) is 0 Å². The number of rotatable bonds is 3. The van der Waals surface area contributed by atoms with E-state index in [0.717, 1.165) is 17.7 Å². The Morgan fingerprint density at radius 1 is 1.69 bits per heavy atom. The summed E-state index contributed by atoms with van der Waals surface area (Å²) in [6.07, 6.45) is 4.92. The zero-order valence-electron chi connectivity index (χ0n) is 7.56. The molecule has 0 aliphatic heterocycles. The van der Waals surface area contributed by atoms with E-state index in [1.165, 1.54) is 17.8 Å². The summed E-state index contributed by atoms with van der Waals surface area (Å²) in [4.78, 5) is 4.96. The van der Waals surface area contributed by atoms with Crippen LogP contribution in [0.25, 0.3) is 0 Å². The number of ether oxygens (including phenoxy) is 1. The average molecular weight is 199 g/mol. The molecule has 2 rings (SSSR count). The lowest BCUT2D eigenvalue weighted by Crippen LogP contribution is -2.19. The normalized spacial score (nSPS) is 19.5. The molecular formula is C9H13NO2S. The fraction of sp³-hybridized carbons (Fsp3) is 0.667. The third kappa shape index (κ3) is 1.69. The van der Waals surface area contributed by atoms with E-state index in [2.05, 4.69) is 4.98 Å². The first-order chi connectivity index (χ1) is 6.31. The van der Waals surface area contributed by atoms with Gasteiger partial charge in [0, 0.05) is 6.20 Å². The van der Waals surface area contributed by atoms with Gasteiger partial charge >= 0.3 is 0 Å². The minimum Gasteiger partial charge on any atom is -0.473 e. The zero-order chi connectivity index (χ0) is 9.26. The molecule has 1 atom stereocenters. The second-order valence-corrected chi connectivity index (χ2v) is 4.39. The van der Waals surface area contributed by atoms with Gasteiger partial charge in [0.05, 0.1) is 18.1 Å². The molecule has 3 nitrogen and oxygen atoms in total. The van der Waals surface area contributed by atoms with E-state index < -0.39 is 0 Å². The van der Waals surface area contributed by atoms with Crippen molar-refractivity contribution in [3.63, 3.8) is 0 Å². The molecule has 0 aromatic carbocycles. The smallest absolute Gasteiger partial charge is 0.273 e. The highest BCUT2D eigenvalue weighted by atomic mass is 32.1. The quantitative estimate of drug-likeness (QED) is 0.809. The van der Waals surface area contributed by atoms with Crippen LogP contribution >= 0.6 is 11.3 Å². The molecule has 4 heteroatoms. The Labute approximate surface area is 81.4 Å². The van der Waals surface area contributed by atoms with Crippen molar-refractivity contribution in [3.05, 3.63) is 11.1 Å². The molecule has 1 unspecified atom stereocenters. The van der Waals surface area contributed by atoms with Crippen LogP contribution in [0.1, 0.15) is 30.2 Å². The lowest BCUT2D eigenvalue weighted by molar-refractivity contribution is 0.0648. The lowest BCUT2D eigenvalue weighted by atomic mass is 9.81. The highest BCUT2D eigenvalue weighted by Crippen LogP contribution is 2.40. The molecule has 0 amide bonds. The average Bonchev–Trinajstić information content (AvgIpc) is 2.48. The van der Waals surface area contributed by atoms with Crippen LogP contribution in [-0.2, 0) is 0 Å². The SMILES string of the molecule is COc1ncc(C(O)C2CCC2)s1. The predicted molar refractivity (Wildman–Crippen MR) is 51.0 cm³/mol.